The molecular formula is C25H27N9O3. The Morgan fingerprint density at radius 2 is 2.05 bits per heavy atom. The predicted octanol–water partition coefficient (Wildman–Crippen LogP) is 3.81. The Hall–Kier alpha value is -4.66. The number of pyridine rings is 1. The minimum absolute atomic E-state index is 0.137. The highest BCUT2D eigenvalue weighted by atomic mass is 16.6. The molecule has 1 saturated carbocycles. The molecule has 4 heterocycles. The Kier molecular flexibility index (Phi) is 6.12. The van der Waals surface area contributed by atoms with Crippen molar-refractivity contribution in [2.75, 3.05) is 18.5 Å². The van der Waals surface area contributed by atoms with Crippen molar-refractivity contribution in [3.63, 3.8) is 0 Å². The summed E-state index contributed by atoms with van der Waals surface area (Å²) in [6.07, 6.45) is 6.05. The molecule has 0 aliphatic heterocycles. The largest absolute Gasteiger partial charge is 0.491 e. The lowest BCUT2D eigenvalue weighted by molar-refractivity contribution is 0.0509. The van der Waals surface area contributed by atoms with Crippen molar-refractivity contribution >= 4 is 23.2 Å². The van der Waals surface area contributed by atoms with Gasteiger partial charge in [-0.2, -0.15) is 15.5 Å². The van der Waals surface area contributed by atoms with Gasteiger partial charge in [0.2, 0.25) is 0 Å². The van der Waals surface area contributed by atoms with Crippen LogP contribution in [0.4, 0.5) is 16.4 Å². The molecule has 12 nitrogen and oxygen atoms in total. The van der Waals surface area contributed by atoms with Gasteiger partial charge in [0, 0.05) is 18.0 Å². The fraction of sp³-hybridized carbons (Fsp3) is 0.360. The predicted molar refractivity (Wildman–Crippen MR) is 134 cm³/mol. The normalized spacial score (nSPS) is 14.1. The maximum Gasteiger partial charge on any atom is 0.407 e. The molecule has 0 atom stereocenters. The first-order valence-corrected chi connectivity index (χ1v) is 11.9. The van der Waals surface area contributed by atoms with E-state index in [1.807, 2.05) is 51.1 Å². The Morgan fingerprint density at radius 3 is 2.76 bits per heavy atom. The first-order valence-electron chi connectivity index (χ1n) is 11.9. The van der Waals surface area contributed by atoms with Gasteiger partial charge in [0.05, 0.1) is 36.4 Å². The number of ether oxygens (including phenoxy) is 2. The summed E-state index contributed by atoms with van der Waals surface area (Å²) in [6.45, 7) is 6.42. The van der Waals surface area contributed by atoms with Crippen LogP contribution in [0.25, 0.3) is 16.9 Å². The third-order valence-corrected chi connectivity index (χ3v) is 5.88. The van der Waals surface area contributed by atoms with Crippen molar-refractivity contribution in [3.8, 4) is 23.2 Å². The molecule has 0 saturated heterocycles. The van der Waals surface area contributed by atoms with Gasteiger partial charge >= 0.3 is 6.09 Å². The third-order valence-electron chi connectivity index (χ3n) is 5.88. The molecular weight excluding hydrogens is 474 g/mol. The van der Waals surface area contributed by atoms with Crippen LogP contribution in [0.2, 0.25) is 0 Å². The number of carbonyl (C=O) groups excluding carboxylic acids is 1. The lowest BCUT2D eigenvalue weighted by Crippen LogP contribution is -2.37. The number of nitrogens with one attached hydrogen (secondary N) is 3. The fourth-order valence-electron chi connectivity index (χ4n) is 3.78. The van der Waals surface area contributed by atoms with Gasteiger partial charge < -0.3 is 20.1 Å². The van der Waals surface area contributed by atoms with Crippen LogP contribution >= 0.6 is 0 Å². The maximum absolute atomic E-state index is 12.1. The van der Waals surface area contributed by atoms with Gasteiger partial charge in [0.15, 0.2) is 11.5 Å². The molecule has 12 heteroatoms. The average molecular weight is 502 g/mol. The zero-order valence-corrected chi connectivity index (χ0v) is 20.8. The minimum atomic E-state index is -0.546. The molecule has 37 heavy (non-hydrogen) atoms. The van der Waals surface area contributed by atoms with Gasteiger partial charge in [0.25, 0.3) is 0 Å². The van der Waals surface area contributed by atoms with E-state index in [1.165, 1.54) is 12.4 Å². The topological polar surface area (TPSA) is 155 Å². The number of nitriles is 1. The summed E-state index contributed by atoms with van der Waals surface area (Å²) < 4.78 is 13.4. The number of aromatic nitrogens is 6. The maximum atomic E-state index is 12.1. The second-order valence-electron chi connectivity index (χ2n) is 10.0. The second-order valence-corrected chi connectivity index (χ2v) is 10.0. The number of hydrogen-bond acceptors (Lipinski definition) is 9. The number of hydrogen-bond donors (Lipinski definition) is 3. The summed E-state index contributed by atoms with van der Waals surface area (Å²) in [4.78, 5) is 20.3. The van der Waals surface area contributed by atoms with Crippen LogP contribution in [0.5, 0.6) is 5.75 Å². The van der Waals surface area contributed by atoms with E-state index in [-0.39, 0.29) is 11.1 Å². The smallest absolute Gasteiger partial charge is 0.407 e. The van der Waals surface area contributed by atoms with Gasteiger partial charge in [-0.25, -0.2) is 19.3 Å². The quantitative estimate of drug-likeness (QED) is 0.327. The van der Waals surface area contributed by atoms with E-state index in [4.69, 9.17) is 14.7 Å². The van der Waals surface area contributed by atoms with Crippen LogP contribution in [0.3, 0.4) is 0 Å². The number of aromatic amines is 1. The van der Waals surface area contributed by atoms with E-state index in [0.29, 0.717) is 41.9 Å². The summed E-state index contributed by atoms with van der Waals surface area (Å²) in [5.74, 6) is 1.61. The van der Waals surface area contributed by atoms with Gasteiger partial charge in [-0.05, 0) is 51.8 Å². The van der Waals surface area contributed by atoms with E-state index < -0.39 is 11.7 Å². The minimum Gasteiger partial charge on any atom is -0.491 e. The number of carbonyl (C=O) groups is 1. The zero-order chi connectivity index (χ0) is 26.0. The van der Waals surface area contributed by atoms with Crippen molar-refractivity contribution in [1.29, 1.82) is 5.26 Å². The lowest BCUT2D eigenvalue weighted by Gasteiger charge is -2.22. The van der Waals surface area contributed by atoms with Crippen LogP contribution < -0.4 is 15.4 Å². The molecule has 3 N–H and O–H groups in total. The van der Waals surface area contributed by atoms with Crippen molar-refractivity contribution in [2.24, 2.45) is 5.41 Å². The zero-order valence-electron chi connectivity index (χ0n) is 20.8. The van der Waals surface area contributed by atoms with Crippen molar-refractivity contribution in [3.05, 3.63) is 48.5 Å². The molecule has 0 bridgehead atoms. The first kappa shape index (κ1) is 24.1. The van der Waals surface area contributed by atoms with Gasteiger partial charge in [0.1, 0.15) is 28.9 Å². The van der Waals surface area contributed by atoms with Crippen molar-refractivity contribution in [2.45, 2.75) is 39.2 Å². The van der Waals surface area contributed by atoms with Gasteiger partial charge in [-0.1, -0.05) is 0 Å². The third kappa shape index (κ3) is 5.61. The number of rotatable bonds is 8. The van der Waals surface area contributed by atoms with E-state index in [9.17, 15) is 4.79 Å². The molecule has 1 fully saturated rings. The number of fused-ring (bicyclic) bond motifs is 1. The molecule has 1 aliphatic rings. The number of amides is 1. The number of alkyl carbamates (subject to hydrolysis) is 1. The van der Waals surface area contributed by atoms with Crippen molar-refractivity contribution in [1.82, 2.24) is 35.1 Å². The molecule has 0 radical (unpaired) electrons. The van der Waals surface area contributed by atoms with Crippen molar-refractivity contribution < 1.29 is 14.3 Å². The van der Waals surface area contributed by atoms with Crippen LogP contribution in [0.15, 0.2) is 42.9 Å². The number of nitrogens with zero attached hydrogens (tertiary/aromatic N) is 6. The Bertz CT molecular complexity index is 1460. The summed E-state index contributed by atoms with van der Waals surface area (Å²) in [6, 6.07) is 9.51. The number of anilines is 2. The van der Waals surface area contributed by atoms with E-state index in [1.54, 1.807) is 10.7 Å². The lowest BCUT2D eigenvalue weighted by atomic mass is 10.1. The summed E-state index contributed by atoms with van der Waals surface area (Å²) in [7, 11) is 0. The molecule has 0 spiro atoms. The SMILES string of the molecule is CC(C)(C)OC(=O)NCC1(COc2ccc3ccnn3c2-c2cc(Nc3cnc(C#N)cn3)n[nH]2)CC1. The van der Waals surface area contributed by atoms with E-state index in [0.717, 1.165) is 18.4 Å². The van der Waals surface area contributed by atoms with Gasteiger partial charge in [-0.3, -0.25) is 5.10 Å². The highest BCUT2D eigenvalue weighted by molar-refractivity contribution is 5.71. The molecule has 4 aromatic rings. The monoisotopic (exact) mass is 501 g/mol. The van der Waals surface area contributed by atoms with Crippen LogP contribution in [0.1, 0.15) is 39.3 Å². The highest BCUT2D eigenvalue weighted by Gasteiger charge is 2.44. The summed E-state index contributed by atoms with van der Waals surface area (Å²) >= 11 is 0. The van der Waals surface area contributed by atoms with Crippen LogP contribution in [-0.2, 0) is 4.74 Å². The second kappa shape index (κ2) is 9.42. The first-order chi connectivity index (χ1) is 17.7. The standard InChI is InChI=1S/C25H27N9O3/c1-24(2,3)37-23(35)29-14-25(7-8-25)15-36-19-5-4-17-6-9-30-34(17)22(19)18-10-20(33-32-18)31-21-13-27-16(11-26)12-28-21/h4-6,9-10,12-13H,7-8,14-15H2,1-3H3,(H,29,35)(H2,28,31,32,33). The molecule has 0 aromatic carbocycles. The van der Waals surface area contributed by atoms with E-state index in [2.05, 4.69) is 35.9 Å². The molecule has 0 unspecified atom stereocenters. The molecule has 190 valence electrons. The van der Waals surface area contributed by atoms with E-state index >= 15 is 0 Å². The highest BCUT2D eigenvalue weighted by Crippen LogP contribution is 2.46. The molecule has 4 aromatic heterocycles. The van der Waals surface area contributed by atoms with Crippen LogP contribution in [-0.4, -0.2) is 54.6 Å². The van der Waals surface area contributed by atoms with Crippen LogP contribution in [0, 0.1) is 16.7 Å². The average Bonchev–Trinajstić information content (AvgIpc) is 3.23. The summed E-state index contributed by atoms with van der Waals surface area (Å²) in [5, 5.41) is 26.7. The molecule has 1 aliphatic carbocycles. The van der Waals surface area contributed by atoms with Gasteiger partial charge in [-0.15, -0.1) is 0 Å². The molecule has 5 rings (SSSR count). The Labute approximate surface area is 213 Å². The molecule has 1 amide bonds. The summed E-state index contributed by atoms with van der Waals surface area (Å²) in [5.41, 5.74) is 1.85. The number of H-pyrrole nitrogens is 1. The fourth-order valence-corrected chi connectivity index (χ4v) is 3.78. The Morgan fingerprint density at radius 1 is 1.22 bits per heavy atom. The Balaban J connectivity index is 1.32.